The highest BCUT2D eigenvalue weighted by molar-refractivity contribution is 7.20. The minimum Gasteiger partial charge on any atom is -0.550 e. The fourth-order valence-corrected chi connectivity index (χ4v) is 16.7. The van der Waals surface area contributed by atoms with Gasteiger partial charge in [0.25, 0.3) is 11.8 Å². The third kappa shape index (κ3) is 23.4. The average molecular weight is 1860 g/mol. The van der Waals surface area contributed by atoms with E-state index in [0.717, 1.165) is 66.9 Å². The number of nitrogens with zero attached hydrogens (tertiary/aromatic N) is 7. The maximum Gasteiger partial charge on any atom is 0.320 e. The van der Waals surface area contributed by atoms with E-state index < -0.39 is 35.9 Å². The molecule has 0 saturated heterocycles. The van der Waals surface area contributed by atoms with Crippen LogP contribution in [0.15, 0.2) is 152 Å². The molecule has 14 aromatic rings. The lowest BCUT2D eigenvalue weighted by Crippen LogP contribution is -2.73. The molecule has 36 heteroatoms. The molecule has 14 N–H and O–H groups in total. The van der Waals surface area contributed by atoms with Gasteiger partial charge in [0, 0.05) is 127 Å². The molecule has 0 aliphatic carbocycles. The minimum atomic E-state index is -1.24. The summed E-state index contributed by atoms with van der Waals surface area (Å²) < 4.78 is 29.1. The van der Waals surface area contributed by atoms with Crippen molar-refractivity contribution in [2.45, 2.75) is 103 Å². The Morgan fingerprint density at radius 3 is 1.36 bits per heavy atom. The number of aliphatic hydroxyl groups excluding tert-OH is 3. The summed E-state index contributed by atoms with van der Waals surface area (Å²) >= 11 is 38.3. The van der Waals surface area contributed by atoms with Crippen LogP contribution in [-0.4, -0.2) is 177 Å². The van der Waals surface area contributed by atoms with Crippen LogP contribution in [0.5, 0.6) is 23.0 Å². The molecule has 0 saturated carbocycles. The lowest BCUT2D eigenvalue weighted by Gasteiger charge is -2.22. The molecular weight excluding hydrogens is 1770 g/mol. The Morgan fingerprint density at radius 1 is 0.500 bits per heavy atom. The summed E-state index contributed by atoms with van der Waals surface area (Å²) in [6.45, 7) is 7.99. The van der Waals surface area contributed by atoms with Gasteiger partial charge in [-0.3, -0.25) is 47.0 Å². The van der Waals surface area contributed by atoms with E-state index in [1.807, 2.05) is 83.6 Å². The summed E-state index contributed by atoms with van der Waals surface area (Å²) in [5.74, 6) is -2.77. The summed E-state index contributed by atoms with van der Waals surface area (Å²) in [5.41, 5.74) is 24.3. The number of fused-ring (bicyclic) bond motifs is 6. The third-order valence-electron chi connectivity index (χ3n) is 20.7. The maximum atomic E-state index is 13.1. The quantitative estimate of drug-likeness (QED) is 0.0214. The monoisotopic (exact) mass is 1860 g/mol. The number of carboxylic acids is 5. The summed E-state index contributed by atoms with van der Waals surface area (Å²) in [6.07, 6.45) is 4.51. The van der Waals surface area contributed by atoms with Crippen LogP contribution in [0.2, 0.25) is 30.1 Å². The molecule has 29 nitrogen and oxygen atoms in total. The second-order valence-electron chi connectivity index (χ2n) is 28.9. The van der Waals surface area contributed by atoms with Gasteiger partial charge >= 0.3 is 23.9 Å². The number of aliphatic carboxylic acids is 5. The fraction of sp³-hybridized carbons (Fsp3) is 0.267. The van der Waals surface area contributed by atoms with Gasteiger partial charge in [0.2, 0.25) is 0 Å². The zero-order valence-corrected chi connectivity index (χ0v) is 75.0. The van der Waals surface area contributed by atoms with Crippen LogP contribution in [-0.2, 0) is 49.7 Å². The molecule has 0 fully saturated rings. The first-order valence-electron chi connectivity index (χ1n) is 38.9. The van der Waals surface area contributed by atoms with Crippen molar-refractivity contribution in [1.29, 1.82) is 0 Å². The Bertz CT molecular complexity index is 6130. The lowest BCUT2D eigenvalue weighted by atomic mass is 9.90. The largest absolute Gasteiger partial charge is 0.550 e. The first kappa shape index (κ1) is 98.3. The van der Waals surface area contributed by atoms with Gasteiger partial charge in [-0.15, -0.1) is 0 Å². The first-order valence-corrected chi connectivity index (χ1v) is 42.0. The number of hydrogen-bond acceptors (Lipinski definition) is 21. The van der Waals surface area contributed by atoms with Gasteiger partial charge in [0.05, 0.1) is 101 Å². The van der Waals surface area contributed by atoms with E-state index in [-0.39, 0.29) is 62.9 Å². The van der Waals surface area contributed by atoms with Gasteiger partial charge < -0.3 is 81.8 Å². The SMILES string of the molecule is COc1cc2c(CC(=O)O)c(C)n(C(=O)c3ccc(Cl)cc3)c2cc1Cl.COc1cc2c(CC(=O)[O-])c(C)n(C(=O)c3ccc(Cl)cc3)c2cc1Cl.COc1ccc2c(c1)c(CC(=O)O)c(C)n2-c1nc2ccccc2s1.COc1ccc2c(c1)c(CC(=O)O)c(C)n2-c1ncnc2c(Cl)cc(Cl)cc12.NCCCCC(N)C(=O)O.[NH3+]C(CCO)(CCO)CCO. The minimum absolute atomic E-state index is 0.0343. The molecular formula is C90H92Cl6N10O19S. The number of para-hydroxylation sites is 1. The molecule has 664 valence electrons. The molecule has 1 unspecified atom stereocenters. The van der Waals surface area contributed by atoms with Crippen molar-refractivity contribution in [2.75, 3.05) is 54.8 Å². The number of carbonyl (C=O) groups is 7. The van der Waals surface area contributed by atoms with Gasteiger partial charge in [-0.05, 0) is 203 Å². The number of methoxy groups -OCH3 is 4. The van der Waals surface area contributed by atoms with Crippen LogP contribution in [0.4, 0.5) is 0 Å². The number of nitrogens with two attached hydrogens (primary N) is 2. The highest BCUT2D eigenvalue weighted by atomic mass is 35.5. The summed E-state index contributed by atoms with van der Waals surface area (Å²) in [7, 11) is 6.13. The molecule has 0 aliphatic heterocycles. The summed E-state index contributed by atoms with van der Waals surface area (Å²) in [5, 5.41) is 80.4. The molecule has 6 aromatic heterocycles. The lowest BCUT2D eigenvalue weighted by molar-refractivity contribution is -0.485. The molecule has 1 atom stereocenters. The highest BCUT2D eigenvalue weighted by Crippen LogP contribution is 2.41. The van der Waals surface area contributed by atoms with E-state index in [4.69, 9.17) is 125 Å². The van der Waals surface area contributed by atoms with E-state index in [1.54, 1.807) is 124 Å². The second-order valence-corrected chi connectivity index (χ2v) is 32.4. The number of unbranched alkanes of at least 4 members (excludes halogenated alkanes) is 1. The van der Waals surface area contributed by atoms with Gasteiger partial charge in [0.1, 0.15) is 46.7 Å². The molecule has 0 aliphatic rings. The number of aliphatic hydroxyl groups is 3. The molecule has 0 amide bonds. The number of thiazole rings is 1. The van der Waals surface area contributed by atoms with E-state index in [0.29, 0.717) is 163 Å². The number of ether oxygens (including phenoxy) is 4. The van der Waals surface area contributed by atoms with Crippen LogP contribution < -0.4 is 41.3 Å². The Hall–Kier alpha value is -11.5. The number of halogens is 6. The van der Waals surface area contributed by atoms with Crippen LogP contribution >= 0.6 is 80.9 Å². The van der Waals surface area contributed by atoms with E-state index in [9.17, 15) is 54.0 Å². The number of benzene rings is 8. The van der Waals surface area contributed by atoms with Crippen molar-refractivity contribution >= 4 is 187 Å². The second kappa shape index (κ2) is 44.6. The van der Waals surface area contributed by atoms with Crippen molar-refractivity contribution in [2.24, 2.45) is 11.5 Å². The highest BCUT2D eigenvalue weighted by Gasteiger charge is 2.30. The molecule has 14 rings (SSSR count). The summed E-state index contributed by atoms with van der Waals surface area (Å²) in [6, 6.07) is 41.4. The Balaban J connectivity index is 0.000000177. The van der Waals surface area contributed by atoms with Crippen molar-refractivity contribution in [3.05, 3.63) is 238 Å². The topological polar surface area (TPSA) is 459 Å². The van der Waals surface area contributed by atoms with E-state index >= 15 is 0 Å². The zero-order chi connectivity index (χ0) is 92.3. The Kier molecular flexibility index (Phi) is 34.8. The van der Waals surface area contributed by atoms with Gasteiger partial charge in [-0.2, -0.15) is 0 Å². The van der Waals surface area contributed by atoms with Crippen LogP contribution in [0.1, 0.15) is 104 Å². The van der Waals surface area contributed by atoms with Gasteiger partial charge in [0.15, 0.2) is 5.13 Å². The van der Waals surface area contributed by atoms with Crippen molar-refractivity contribution < 1.29 is 99.1 Å². The number of carboxylic acid groups (broad SMARTS) is 5. The predicted molar refractivity (Wildman–Crippen MR) is 486 cm³/mol. The van der Waals surface area contributed by atoms with Gasteiger partial charge in [-0.25, -0.2) is 15.0 Å². The van der Waals surface area contributed by atoms with Crippen molar-refractivity contribution in [1.82, 2.24) is 33.2 Å². The molecule has 126 heavy (non-hydrogen) atoms. The van der Waals surface area contributed by atoms with Crippen LogP contribution in [0.25, 0.3) is 75.7 Å². The standard InChI is InChI=1S/C20H15Cl2N3O3.2C19H15Cl2NO4.C19H16N2O3S.C7H17NO3.C6H14N2O2/c1-10-13(8-18(26)27)14-7-12(28-2)3-4-17(14)25(10)20-15-5-11(21)6-16(22)19(15)23-9-24-20;2*1-10-13(8-18(23)24)14-7-17(26-2)15(21)9-16(14)22(10)19(25)11-3-5-12(20)6-4-11;1-11-13(10-18(22)23)14-9-12(24-2)7-8-16(14)21(11)19-20-15-5-3-4-6-17(15)25-19;8-7(1-4-9,2-5-10)3-6-11;7-4-2-1-3-5(8)6(9)10/h3-7,9H,8H2,1-2H3,(H,26,27);2*3-7,9H,8H2,1-2H3,(H,23,24);3-9H,10H2,1-2H3,(H,22,23);9-11H,1-6,8H2;5H,1-4,7-8H2,(H,9,10). The van der Waals surface area contributed by atoms with Crippen LogP contribution in [0, 0.1) is 27.7 Å². The number of rotatable bonds is 27. The van der Waals surface area contributed by atoms with Crippen LogP contribution in [0.3, 0.4) is 0 Å². The number of hydrogen-bond donors (Lipinski definition) is 10. The van der Waals surface area contributed by atoms with E-state index in [1.165, 1.54) is 29.7 Å². The number of quaternary nitrogens is 1. The maximum absolute atomic E-state index is 13.1. The summed E-state index contributed by atoms with van der Waals surface area (Å²) in [4.78, 5) is 95.0. The number of aromatic nitrogens is 7. The molecule has 0 bridgehead atoms. The molecule has 6 heterocycles. The third-order valence-corrected chi connectivity index (χ3v) is 23.4. The van der Waals surface area contributed by atoms with Crippen molar-refractivity contribution in [3.8, 4) is 33.9 Å². The zero-order valence-electron chi connectivity index (χ0n) is 69.6. The normalized spacial score (nSPS) is 11.3. The number of carbonyl (C=O) groups excluding carboxylic acids is 3. The predicted octanol–water partition coefficient (Wildman–Crippen LogP) is 14.5. The molecule has 8 aromatic carbocycles. The fourth-order valence-electron chi connectivity index (χ4n) is 14.4. The molecule has 0 spiro atoms. The van der Waals surface area contributed by atoms with E-state index in [2.05, 4.69) is 15.7 Å². The Labute approximate surface area is 756 Å². The Morgan fingerprint density at radius 2 is 0.937 bits per heavy atom. The van der Waals surface area contributed by atoms with Gasteiger partial charge in [-0.1, -0.05) is 99.5 Å². The first-order chi connectivity index (χ1) is 60.0. The average Bonchev–Trinajstić information content (AvgIpc) is 1.61. The molecule has 0 radical (unpaired) electrons. The van der Waals surface area contributed by atoms with Crippen molar-refractivity contribution in [3.63, 3.8) is 0 Å². The smallest absolute Gasteiger partial charge is 0.320 e.